The first-order chi connectivity index (χ1) is 13.2. The van der Waals surface area contributed by atoms with Crippen molar-refractivity contribution < 1.29 is 0 Å². The summed E-state index contributed by atoms with van der Waals surface area (Å²) in [4.78, 5) is 0. The van der Waals surface area contributed by atoms with Crippen molar-refractivity contribution in [3.05, 3.63) is 103 Å². The summed E-state index contributed by atoms with van der Waals surface area (Å²) in [6.45, 7) is 6.29. The molecule has 0 amide bonds. The average Bonchev–Trinajstić information content (AvgIpc) is 3.18. The van der Waals surface area contributed by atoms with Gasteiger partial charge >= 0.3 is 0 Å². The Bertz CT molecular complexity index is 1040. The van der Waals surface area contributed by atoms with E-state index in [-0.39, 0.29) is 6.04 Å². The highest BCUT2D eigenvalue weighted by Gasteiger charge is 2.37. The lowest BCUT2D eigenvalue weighted by molar-refractivity contribution is 0.322. The largest absolute Gasteiger partial charge is 0.375 e. The van der Waals surface area contributed by atoms with Crippen LogP contribution in [0, 0.1) is 0 Å². The third-order valence-electron chi connectivity index (χ3n) is 5.02. The summed E-state index contributed by atoms with van der Waals surface area (Å²) in [7, 11) is 0. The van der Waals surface area contributed by atoms with Gasteiger partial charge in [-0.25, -0.2) is 4.68 Å². The molecule has 134 valence electrons. The van der Waals surface area contributed by atoms with E-state index >= 15 is 0 Å². The molecular weight excluding hydrogens is 332 g/mol. The molecule has 4 rings (SSSR count). The Kier molecular flexibility index (Phi) is 4.47. The van der Waals surface area contributed by atoms with Crippen LogP contribution in [0.1, 0.15) is 18.5 Å². The first-order valence-electron chi connectivity index (χ1n) is 9.03. The Balaban J connectivity index is 1.87. The quantitative estimate of drug-likeness (QED) is 0.485. The molecule has 4 aromatic rings. The van der Waals surface area contributed by atoms with Gasteiger partial charge in [-0.1, -0.05) is 72.0 Å². The maximum absolute atomic E-state index is 4.48. The fraction of sp³-hybridized carbons (Fsp3) is 0.130. The summed E-state index contributed by atoms with van der Waals surface area (Å²) in [5, 5.41) is 12.5. The normalized spacial score (nSPS) is 14.4. The Hall–Kier alpha value is -3.40. The third-order valence-corrected chi connectivity index (χ3v) is 5.02. The summed E-state index contributed by atoms with van der Waals surface area (Å²) in [6.07, 6.45) is 1.95. The highest BCUT2D eigenvalue weighted by atomic mass is 15.5. The molecule has 3 aromatic carbocycles. The van der Waals surface area contributed by atoms with Crippen molar-refractivity contribution in [3.8, 4) is 0 Å². The van der Waals surface area contributed by atoms with Crippen molar-refractivity contribution in [2.75, 3.05) is 5.32 Å². The number of aromatic nitrogens is 3. The second kappa shape index (κ2) is 7.08. The van der Waals surface area contributed by atoms with Gasteiger partial charge in [0.1, 0.15) is 11.1 Å². The minimum absolute atomic E-state index is 0.0799. The van der Waals surface area contributed by atoms with E-state index in [2.05, 4.69) is 65.5 Å². The average molecular weight is 354 g/mol. The number of anilines is 1. The van der Waals surface area contributed by atoms with E-state index in [1.807, 2.05) is 59.3 Å². The zero-order chi connectivity index (χ0) is 18.7. The smallest absolute Gasteiger partial charge is 0.113 e. The van der Waals surface area contributed by atoms with Crippen molar-refractivity contribution in [3.63, 3.8) is 0 Å². The molecule has 0 saturated carbocycles. The van der Waals surface area contributed by atoms with E-state index in [1.54, 1.807) is 0 Å². The summed E-state index contributed by atoms with van der Waals surface area (Å²) in [5.74, 6) is 0. The molecule has 0 aliphatic carbocycles. The summed E-state index contributed by atoms with van der Waals surface area (Å²) in [5.41, 5.74) is 3.52. The van der Waals surface area contributed by atoms with Gasteiger partial charge in [-0.15, -0.1) is 11.7 Å². The second-order valence-electron chi connectivity index (χ2n) is 6.77. The standard InChI is InChI=1S/C23H22N4/c1-3-23(2,27-21-17-11-10-16-20(21)25-26-27)22(18-12-6-4-7-13-18)24-19-14-8-5-9-15-19/h3-17,22,24H,1H2,2H3. The van der Waals surface area contributed by atoms with Crippen LogP contribution in [0.3, 0.4) is 0 Å². The monoisotopic (exact) mass is 354 g/mol. The van der Waals surface area contributed by atoms with Gasteiger partial charge in [0.25, 0.3) is 0 Å². The molecule has 1 N–H and O–H groups in total. The fourth-order valence-corrected chi connectivity index (χ4v) is 3.46. The summed E-state index contributed by atoms with van der Waals surface area (Å²) in [6, 6.07) is 28.5. The molecule has 27 heavy (non-hydrogen) atoms. The molecule has 1 heterocycles. The highest BCUT2D eigenvalue weighted by Crippen LogP contribution is 2.37. The van der Waals surface area contributed by atoms with E-state index in [9.17, 15) is 0 Å². The molecule has 4 heteroatoms. The minimum Gasteiger partial charge on any atom is -0.375 e. The number of hydrogen-bond acceptors (Lipinski definition) is 3. The number of nitrogens with one attached hydrogen (secondary N) is 1. The van der Waals surface area contributed by atoms with Crippen LogP contribution in [0.2, 0.25) is 0 Å². The van der Waals surface area contributed by atoms with Gasteiger partial charge in [-0.2, -0.15) is 0 Å². The van der Waals surface area contributed by atoms with E-state index in [0.717, 1.165) is 22.3 Å². The van der Waals surface area contributed by atoms with Crippen LogP contribution >= 0.6 is 0 Å². The van der Waals surface area contributed by atoms with Crippen LogP contribution in [-0.4, -0.2) is 15.0 Å². The number of rotatable bonds is 6. The van der Waals surface area contributed by atoms with E-state index < -0.39 is 5.54 Å². The number of hydrogen-bond donors (Lipinski definition) is 1. The van der Waals surface area contributed by atoms with Gasteiger partial charge in [0.05, 0.1) is 11.6 Å². The van der Waals surface area contributed by atoms with E-state index in [1.165, 1.54) is 0 Å². The maximum atomic E-state index is 4.48. The van der Waals surface area contributed by atoms with E-state index in [0.29, 0.717) is 0 Å². The number of benzene rings is 3. The summed E-state index contributed by atoms with van der Waals surface area (Å²) >= 11 is 0. The van der Waals surface area contributed by atoms with Crippen LogP contribution < -0.4 is 5.32 Å². The van der Waals surface area contributed by atoms with Crippen molar-refractivity contribution >= 4 is 16.7 Å². The Morgan fingerprint density at radius 2 is 1.56 bits per heavy atom. The van der Waals surface area contributed by atoms with Crippen LogP contribution in [0.4, 0.5) is 5.69 Å². The van der Waals surface area contributed by atoms with Gasteiger partial charge in [0.15, 0.2) is 0 Å². The Morgan fingerprint density at radius 3 is 2.26 bits per heavy atom. The first kappa shape index (κ1) is 17.0. The molecule has 0 saturated heterocycles. The molecule has 0 bridgehead atoms. The highest BCUT2D eigenvalue weighted by molar-refractivity contribution is 5.74. The molecule has 2 atom stereocenters. The predicted molar refractivity (Wildman–Crippen MR) is 111 cm³/mol. The lowest BCUT2D eigenvalue weighted by atomic mass is 9.86. The lowest BCUT2D eigenvalue weighted by Crippen LogP contribution is -2.39. The Labute approximate surface area is 159 Å². The molecule has 4 nitrogen and oxygen atoms in total. The Morgan fingerprint density at radius 1 is 0.926 bits per heavy atom. The van der Waals surface area contributed by atoms with Crippen molar-refractivity contribution in [1.82, 2.24) is 15.0 Å². The minimum atomic E-state index is -0.534. The predicted octanol–water partition coefficient (Wildman–Crippen LogP) is 5.19. The molecule has 0 aliphatic rings. The number of nitrogens with zero attached hydrogens (tertiary/aromatic N) is 3. The van der Waals surface area contributed by atoms with Crippen molar-refractivity contribution in [1.29, 1.82) is 0 Å². The first-order valence-corrected chi connectivity index (χ1v) is 9.03. The molecular formula is C23H22N4. The SMILES string of the molecule is C=CC(C)(C(Nc1ccccc1)c1ccccc1)n1nnc2ccccc21. The topological polar surface area (TPSA) is 42.7 Å². The van der Waals surface area contributed by atoms with Crippen LogP contribution in [-0.2, 0) is 5.54 Å². The summed E-state index contributed by atoms with van der Waals surface area (Å²) < 4.78 is 1.96. The number of para-hydroxylation sites is 2. The van der Waals surface area contributed by atoms with Crippen LogP contribution in [0.5, 0.6) is 0 Å². The molecule has 0 spiro atoms. The molecule has 0 radical (unpaired) electrons. The maximum Gasteiger partial charge on any atom is 0.113 e. The molecule has 0 aliphatic heterocycles. The lowest BCUT2D eigenvalue weighted by Gasteiger charge is -2.37. The number of fused-ring (bicyclic) bond motifs is 1. The van der Waals surface area contributed by atoms with Gasteiger partial charge in [0, 0.05) is 5.69 Å². The van der Waals surface area contributed by atoms with Gasteiger partial charge in [0.2, 0.25) is 0 Å². The van der Waals surface area contributed by atoms with Gasteiger partial charge in [-0.05, 0) is 36.8 Å². The molecule has 2 unspecified atom stereocenters. The second-order valence-corrected chi connectivity index (χ2v) is 6.77. The zero-order valence-corrected chi connectivity index (χ0v) is 15.3. The molecule has 0 fully saturated rings. The van der Waals surface area contributed by atoms with E-state index in [4.69, 9.17) is 0 Å². The van der Waals surface area contributed by atoms with Gasteiger partial charge in [-0.3, -0.25) is 0 Å². The van der Waals surface area contributed by atoms with Crippen LogP contribution in [0.15, 0.2) is 97.6 Å². The van der Waals surface area contributed by atoms with Gasteiger partial charge < -0.3 is 5.32 Å². The molecule has 1 aromatic heterocycles. The van der Waals surface area contributed by atoms with Crippen molar-refractivity contribution in [2.24, 2.45) is 0 Å². The fourth-order valence-electron chi connectivity index (χ4n) is 3.46. The van der Waals surface area contributed by atoms with Crippen LogP contribution in [0.25, 0.3) is 11.0 Å². The zero-order valence-electron chi connectivity index (χ0n) is 15.3. The third kappa shape index (κ3) is 3.10. The van der Waals surface area contributed by atoms with Crippen molar-refractivity contribution in [2.45, 2.75) is 18.5 Å².